The summed E-state index contributed by atoms with van der Waals surface area (Å²) in [6, 6.07) is 3.98. The maximum absolute atomic E-state index is 5.48. The molecule has 0 saturated carbocycles. The van der Waals surface area contributed by atoms with E-state index in [9.17, 15) is 0 Å². The van der Waals surface area contributed by atoms with Gasteiger partial charge in [0.25, 0.3) is 0 Å². The van der Waals surface area contributed by atoms with Crippen LogP contribution in [0, 0.1) is 0 Å². The number of hydrogen-bond acceptors (Lipinski definition) is 2. The summed E-state index contributed by atoms with van der Waals surface area (Å²) in [5, 5.41) is 0. The molecule has 1 rings (SSSR count). The lowest BCUT2D eigenvalue weighted by molar-refractivity contribution is 0.769. The van der Waals surface area contributed by atoms with Crippen molar-refractivity contribution in [3.63, 3.8) is 0 Å². The van der Waals surface area contributed by atoms with Gasteiger partial charge in [-0.1, -0.05) is 13.0 Å². The highest BCUT2D eigenvalue weighted by Crippen LogP contribution is 2.10. The number of pyridine rings is 1. The Morgan fingerprint density at radius 3 is 2.58 bits per heavy atom. The first kappa shape index (κ1) is 14.2. The molecular weight excluding hydrogens is 195 g/mol. The Morgan fingerprint density at radius 1 is 1.50 bits per heavy atom. The summed E-state index contributed by atoms with van der Waals surface area (Å²) < 4.78 is 0. The zero-order valence-corrected chi connectivity index (χ0v) is 8.57. The van der Waals surface area contributed by atoms with Crippen LogP contribution in [0.3, 0.4) is 0 Å². The zero-order chi connectivity index (χ0) is 7.40. The molecule has 4 heteroatoms. The van der Waals surface area contributed by atoms with Gasteiger partial charge in [-0.2, -0.15) is 0 Å². The molecule has 0 bridgehead atoms. The van der Waals surface area contributed by atoms with Crippen molar-refractivity contribution in [2.75, 3.05) is 6.54 Å². The van der Waals surface area contributed by atoms with Crippen LogP contribution in [0.4, 0.5) is 0 Å². The van der Waals surface area contributed by atoms with Gasteiger partial charge in [-0.15, -0.1) is 24.8 Å². The van der Waals surface area contributed by atoms with Gasteiger partial charge in [-0.05, 0) is 24.1 Å². The molecule has 70 valence electrons. The van der Waals surface area contributed by atoms with Crippen LogP contribution in [0.25, 0.3) is 0 Å². The van der Waals surface area contributed by atoms with Crippen LogP contribution in [0.5, 0.6) is 0 Å². The molecule has 0 amide bonds. The molecule has 0 aliphatic rings. The molecule has 1 heterocycles. The van der Waals surface area contributed by atoms with Crippen LogP contribution in [0.15, 0.2) is 24.5 Å². The van der Waals surface area contributed by atoms with Crippen LogP contribution in [-0.4, -0.2) is 11.5 Å². The molecule has 2 nitrogen and oxygen atoms in total. The van der Waals surface area contributed by atoms with E-state index in [1.165, 1.54) is 5.56 Å². The van der Waals surface area contributed by atoms with E-state index >= 15 is 0 Å². The van der Waals surface area contributed by atoms with Crippen molar-refractivity contribution < 1.29 is 0 Å². The second-order valence-electron chi connectivity index (χ2n) is 2.42. The van der Waals surface area contributed by atoms with Crippen LogP contribution in [-0.2, 0) is 0 Å². The minimum atomic E-state index is 0. The molecule has 0 fully saturated rings. The number of rotatable bonds is 2. The second-order valence-corrected chi connectivity index (χ2v) is 2.42. The minimum absolute atomic E-state index is 0. The minimum Gasteiger partial charge on any atom is -0.330 e. The van der Waals surface area contributed by atoms with E-state index in [1.807, 2.05) is 18.3 Å². The first-order valence-electron chi connectivity index (χ1n) is 3.44. The van der Waals surface area contributed by atoms with E-state index in [-0.39, 0.29) is 24.8 Å². The lowest BCUT2D eigenvalue weighted by atomic mass is 10.0. The molecule has 2 N–H and O–H groups in total. The SMILES string of the molecule is CC(CN)c1cccnc1.Cl.Cl. The Bertz CT molecular complexity index is 192. The van der Waals surface area contributed by atoms with Gasteiger partial charge in [0.1, 0.15) is 0 Å². The smallest absolute Gasteiger partial charge is 0.0303 e. The predicted octanol–water partition coefficient (Wildman–Crippen LogP) is 1.99. The standard InChI is InChI=1S/C8H12N2.2ClH/c1-7(5-9)8-3-2-4-10-6-8;;/h2-4,6-7H,5,9H2,1H3;2*1H. The fourth-order valence-electron chi connectivity index (χ4n) is 0.804. The van der Waals surface area contributed by atoms with Crippen LogP contribution >= 0.6 is 24.8 Å². The molecule has 1 aromatic heterocycles. The van der Waals surface area contributed by atoms with Gasteiger partial charge in [-0.3, -0.25) is 4.98 Å². The van der Waals surface area contributed by atoms with Crippen LogP contribution < -0.4 is 5.73 Å². The molecule has 0 spiro atoms. The van der Waals surface area contributed by atoms with Gasteiger partial charge >= 0.3 is 0 Å². The Hall–Kier alpha value is -0.310. The van der Waals surface area contributed by atoms with Gasteiger partial charge in [-0.25, -0.2) is 0 Å². The van der Waals surface area contributed by atoms with Gasteiger partial charge in [0, 0.05) is 12.4 Å². The fourth-order valence-corrected chi connectivity index (χ4v) is 0.804. The van der Waals surface area contributed by atoms with E-state index < -0.39 is 0 Å². The average Bonchev–Trinajstić information content (AvgIpc) is 2.05. The number of nitrogens with two attached hydrogens (primary N) is 1. The van der Waals surface area contributed by atoms with Gasteiger partial charge < -0.3 is 5.73 Å². The quantitative estimate of drug-likeness (QED) is 0.808. The van der Waals surface area contributed by atoms with Crippen molar-refractivity contribution >= 4 is 24.8 Å². The van der Waals surface area contributed by atoms with Crippen molar-refractivity contribution in [2.24, 2.45) is 5.73 Å². The normalized spacial score (nSPS) is 10.8. The summed E-state index contributed by atoms with van der Waals surface area (Å²) in [6.45, 7) is 2.78. The summed E-state index contributed by atoms with van der Waals surface area (Å²) in [6.07, 6.45) is 3.63. The van der Waals surface area contributed by atoms with Gasteiger partial charge in [0.2, 0.25) is 0 Å². The molecule has 0 saturated heterocycles. The maximum Gasteiger partial charge on any atom is 0.0303 e. The summed E-state index contributed by atoms with van der Waals surface area (Å²) >= 11 is 0. The van der Waals surface area contributed by atoms with Crippen molar-refractivity contribution in [3.8, 4) is 0 Å². The van der Waals surface area contributed by atoms with Crippen molar-refractivity contribution in [2.45, 2.75) is 12.8 Å². The average molecular weight is 209 g/mol. The Morgan fingerprint density at radius 2 is 2.17 bits per heavy atom. The van der Waals surface area contributed by atoms with E-state index in [4.69, 9.17) is 5.73 Å². The molecule has 1 atom stereocenters. The largest absolute Gasteiger partial charge is 0.330 e. The van der Waals surface area contributed by atoms with Crippen LogP contribution in [0.1, 0.15) is 18.4 Å². The van der Waals surface area contributed by atoms with E-state index in [0.29, 0.717) is 12.5 Å². The highest BCUT2D eigenvalue weighted by atomic mass is 35.5. The first-order chi connectivity index (χ1) is 4.84. The monoisotopic (exact) mass is 208 g/mol. The van der Waals surface area contributed by atoms with Gasteiger partial charge in [0.05, 0.1) is 0 Å². The molecule has 1 unspecified atom stereocenters. The molecule has 0 aromatic carbocycles. The predicted molar refractivity (Wildman–Crippen MR) is 56.2 cm³/mol. The fraction of sp³-hybridized carbons (Fsp3) is 0.375. The Balaban J connectivity index is 0. The lowest BCUT2D eigenvalue weighted by Crippen LogP contribution is -2.08. The first-order valence-corrected chi connectivity index (χ1v) is 3.44. The molecule has 1 aromatic rings. The summed E-state index contributed by atoms with van der Waals surface area (Å²) in [5.41, 5.74) is 6.69. The third kappa shape index (κ3) is 3.90. The third-order valence-corrected chi connectivity index (χ3v) is 1.61. The van der Waals surface area contributed by atoms with Crippen LogP contribution in [0.2, 0.25) is 0 Å². The highest BCUT2D eigenvalue weighted by Gasteiger charge is 2.00. The number of halogens is 2. The number of aromatic nitrogens is 1. The Labute approximate surface area is 85.4 Å². The molecule has 0 aliphatic carbocycles. The molecule has 12 heavy (non-hydrogen) atoms. The molecule has 0 aliphatic heterocycles. The van der Waals surface area contributed by atoms with Crippen molar-refractivity contribution in [3.05, 3.63) is 30.1 Å². The summed E-state index contributed by atoms with van der Waals surface area (Å²) in [7, 11) is 0. The van der Waals surface area contributed by atoms with Crippen molar-refractivity contribution in [1.82, 2.24) is 4.98 Å². The highest BCUT2D eigenvalue weighted by molar-refractivity contribution is 5.85. The zero-order valence-electron chi connectivity index (χ0n) is 6.93. The van der Waals surface area contributed by atoms with E-state index in [1.54, 1.807) is 6.20 Å². The second kappa shape index (κ2) is 7.35. The maximum atomic E-state index is 5.48. The topological polar surface area (TPSA) is 38.9 Å². The van der Waals surface area contributed by atoms with E-state index in [2.05, 4.69) is 11.9 Å². The summed E-state index contributed by atoms with van der Waals surface area (Å²) in [5.74, 6) is 0.425. The van der Waals surface area contributed by atoms with E-state index in [0.717, 1.165) is 0 Å². The third-order valence-electron chi connectivity index (χ3n) is 1.61. The van der Waals surface area contributed by atoms with Crippen molar-refractivity contribution in [1.29, 1.82) is 0 Å². The number of hydrogen-bond donors (Lipinski definition) is 1. The molecular formula is C8H14Cl2N2. The number of nitrogens with zero attached hydrogens (tertiary/aromatic N) is 1. The Kier molecular flexibility index (Phi) is 8.71. The summed E-state index contributed by atoms with van der Waals surface area (Å²) in [4.78, 5) is 4.00. The lowest BCUT2D eigenvalue weighted by Gasteiger charge is -2.05. The molecule has 0 radical (unpaired) electrons. The van der Waals surface area contributed by atoms with Gasteiger partial charge in [0.15, 0.2) is 0 Å².